The van der Waals surface area contributed by atoms with E-state index in [0.717, 1.165) is 18.4 Å². The lowest BCUT2D eigenvalue weighted by Gasteiger charge is -2.19. The molecular weight excluding hydrogens is 259 g/mol. The zero-order valence-corrected chi connectivity index (χ0v) is 11.6. The van der Waals surface area contributed by atoms with E-state index in [2.05, 4.69) is 5.43 Å². The molecule has 3 nitrogen and oxygen atoms in total. The predicted molar refractivity (Wildman–Crippen MR) is 72.2 cm³/mol. The van der Waals surface area contributed by atoms with E-state index in [9.17, 15) is 0 Å². The van der Waals surface area contributed by atoms with Crippen molar-refractivity contribution in [2.45, 2.75) is 31.9 Å². The van der Waals surface area contributed by atoms with Gasteiger partial charge in [0.2, 0.25) is 0 Å². The number of halogens is 2. The molecule has 0 amide bonds. The van der Waals surface area contributed by atoms with Crippen molar-refractivity contribution in [2.24, 2.45) is 5.84 Å². The molecule has 0 aliphatic carbocycles. The molecular formula is C12H18Cl2N2O. The fourth-order valence-electron chi connectivity index (χ4n) is 1.64. The minimum absolute atomic E-state index is 0.0150. The summed E-state index contributed by atoms with van der Waals surface area (Å²) in [5, 5.41) is 1.10. The molecule has 0 saturated carbocycles. The maximum absolute atomic E-state index is 6.16. The Morgan fingerprint density at radius 1 is 1.35 bits per heavy atom. The number of methoxy groups -OCH3 is 1. The van der Waals surface area contributed by atoms with Gasteiger partial charge < -0.3 is 4.74 Å². The summed E-state index contributed by atoms with van der Waals surface area (Å²) < 4.78 is 5.21. The van der Waals surface area contributed by atoms with Gasteiger partial charge in [-0.1, -0.05) is 35.3 Å². The van der Waals surface area contributed by atoms with Crippen LogP contribution in [0.25, 0.3) is 0 Å². The van der Waals surface area contributed by atoms with E-state index in [-0.39, 0.29) is 12.1 Å². The van der Waals surface area contributed by atoms with Crippen molar-refractivity contribution < 1.29 is 4.74 Å². The summed E-state index contributed by atoms with van der Waals surface area (Å²) in [7, 11) is 1.70. The zero-order valence-electron chi connectivity index (χ0n) is 10.0. The number of hydrazine groups is 1. The van der Waals surface area contributed by atoms with Crippen LogP contribution in [0.1, 0.15) is 31.4 Å². The molecule has 96 valence electrons. The molecule has 0 aliphatic heterocycles. The molecule has 0 aliphatic rings. The maximum atomic E-state index is 6.16. The summed E-state index contributed by atoms with van der Waals surface area (Å²) in [6.45, 7) is 2.02. The number of benzene rings is 1. The van der Waals surface area contributed by atoms with Crippen LogP contribution in [0.2, 0.25) is 10.0 Å². The van der Waals surface area contributed by atoms with Crippen molar-refractivity contribution in [3.05, 3.63) is 33.8 Å². The standard InChI is InChI=1S/C12H18Cl2N2O/c1-8(17-2)6-7-11(16-15)9-4-3-5-10(13)12(9)14/h3-5,8,11,16H,6-7,15H2,1-2H3. The quantitative estimate of drug-likeness (QED) is 0.619. The van der Waals surface area contributed by atoms with E-state index >= 15 is 0 Å². The number of ether oxygens (including phenoxy) is 1. The van der Waals surface area contributed by atoms with Gasteiger partial charge >= 0.3 is 0 Å². The number of nitrogens with one attached hydrogen (secondary N) is 1. The Morgan fingerprint density at radius 3 is 2.65 bits per heavy atom. The summed E-state index contributed by atoms with van der Waals surface area (Å²) >= 11 is 12.1. The molecule has 0 saturated heterocycles. The Kier molecular flexibility index (Phi) is 6.23. The minimum Gasteiger partial charge on any atom is -0.382 e. The van der Waals surface area contributed by atoms with Gasteiger partial charge in [-0.05, 0) is 31.4 Å². The lowest BCUT2D eigenvalue weighted by molar-refractivity contribution is 0.106. The molecule has 0 bridgehead atoms. The molecule has 0 heterocycles. The molecule has 1 aromatic carbocycles. The number of hydrogen-bond acceptors (Lipinski definition) is 3. The first-order valence-corrected chi connectivity index (χ1v) is 6.28. The van der Waals surface area contributed by atoms with Gasteiger partial charge in [-0.25, -0.2) is 0 Å². The van der Waals surface area contributed by atoms with Crippen LogP contribution in [0.15, 0.2) is 18.2 Å². The van der Waals surface area contributed by atoms with Crippen LogP contribution in [0.4, 0.5) is 0 Å². The SMILES string of the molecule is COC(C)CCC(NN)c1cccc(Cl)c1Cl. The highest BCUT2D eigenvalue weighted by Crippen LogP contribution is 2.31. The lowest BCUT2D eigenvalue weighted by Crippen LogP contribution is -2.29. The number of rotatable bonds is 6. The molecule has 5 heteroatoms. The van der Waals surface area contributed by atoms with Gasteiger partial charge in [0.15, 0.2) is 0 Å². The molecule has 0 fully saturated rings. The molecule has 3 N–H and O–H groups in total. The summed E-state index contributed by atoms with van der Waals surface area (Å²) in [5.41, 5.74) is 3.69. The van der Waals surface area contributed by atoms with Crippen LogP contribution in [0.3, 0.4) is 0 Å². The van der Waals surface area contributed by atoms with E-state index in [1.165, 1.54) is 0 Å². The molecule has 17 heavy (non-hydrogen) atoms. The van der Waals surface area contributed by atoms with Crippen LogP contribution >= 0.6 is 23.2 Å². The van der Waals surface area contributed by atoms with Crippen molar-refractivity contribution in [3.8, 4) is 0 Å². The van der Waals surface area contributed by atoms with Crippen LogP contribution in [-0.4, -0.2) is 13.2 Å². The smallest absolute Gasteiger partial charge is 0.0640 e. The predicted octanol–water partition coefficient (Wildman–Crippen LogP) is 3.31. The van der Waals surface area contributed by atoms with E-state index in [1.807, 2.05) is 19.1 Å². The van der Waals surface area contributed by atoms with E-state index in [1.54, 1.807) is 13.2 Å². The highest BCUT2D eigenvalue weighted by atomic mass is 35.5. The molecule has 1 aromatic rings. The van der Waals surface area contributed by atoms with Crippen LogP contribution in [0.5, 0.6) is 0 Å². The van der Waals surface area contributed by atoms with Crippen LogP contribution < -0.4 is 11.3 Å². The fraction of sp³-hybridized carbons (Fsp3) is 0.500. The molecule has 0 spiro atoms. The second-order valence-electron chi connectivity index (χ2n) is 3.99. The van der Waals surface area contributed by atoms with E-state index < -0.39 is 0 Å². The topological polar surface area (TPSA) is 47.3 Å². The van der Waals surface area contributed by atoms with Crippen molar-refractivity contribution in [2.75, 3.05) is 7.11 Å². The van der Waals surface area contributed by atoms with Gasteiger partial charge in [-0.2, -0.15) is 0 Å². The summed E-state index contributed by atoms with van der Waals surface area (Å²) in [6.07, 6.45) is 1.93. The molecule has 2 unspecified atom stereocenters. The van der Waals surface area contributed by atoms with E-state index in [4.69, 9.17) is 33.8 Å². The first kappa shape index (κ1) is 14.7. The third kappa shape index (κ3) is 4.12. The number of hydrogen-bond donors (Lipinski definition) is 2. The second-order valence-corrected chi connectivity index (χ2v) is 4.77. The Labute approximate surface area is 112 Å². The first-order valence-electron chi connectivity index (χ1n) is 5.53. The van der Waals surface area contributed by atoms with Gasteiger partial charge in [-0.15, -0.1) is 0 Å². The molecule has 2 atom stereocenters. The second kappa shape index (κ2) is 7.19. The zero-order chi connectivity index (χ0) is 12.8. The van der Waals surface area contributed by atoms with Crippen molar-refractivity contribution in [1.29, 1.82) is 0 Å². The highest BCUT2D eigenvalue weighted by Gasteiger charge is 2.15. The van der Waals surface area contributed by atoms with Crippen molar-refractivity contribution >= 4 is 23.2 Å². The van der Waals surface area contributed by atoms with Crippen LogP contribution in [-0.2, 0) is 4.74 Å². The average molecular weight is 277 g/mol. The summed E-state index contributed by atoms with van der Waals surface area (Å²) in [5.74, 6) is 5.56. The normalized spacial score (nSPS) is 14.6. The van der Waals surface area contributed by atoms with Gasteiger partial charge in [0.25, 0.3) is 0 Å². The minimum atomic E-state index is -0.0150. The van der Waals surface area contributed by atoms with Gasteiger partial charge in [0.05, 0.1) is 16.1 Å². The monoisotopic (exact) mass is 276 g/mol. The van der Waals surface area contributed by atoms with Crippen LogP contribution in [0, 0.1) is 0 Å². The number of nitrogens with two attached hydrogens (primary N) is 1. The molecule has 1 rings (SSSR count). The lowest BCUT2D eigenvalue weighted by atomic mass is 10.0. The Bertz CT molecular complexity index is 360. The Hall–Kier alpha value is -0.320. The third-order valence-corrected chi connectivity index (χ3v) is 3.66. The molecule has 0 aromatic heterocycles. The third-order valence-electron chi connectivity index (χ3n) is 2.82. The first-order chi connectivity index (χ1) is 8.10. The summed E-state index contributed by atoms with van der Waals surface area (Å²) in [6, 6.07) is 5.54. The average Bonchev–Trinajstić information content (AvgIpc) is 2.34. The van der Waals surface area contributed by atoms with Crippen molar-refractivity contribution in [3.63, 3.8) is 0 Å². The Balaban J connectivity index is 2.76. The van der Waals surface area contributed by atoms with Crippen molar-refractivity contribution in [1.82, 2.24) is 5.43 Å². The van der Waals surface area contributed by atoms with Gasteiger partial charge in [0, 0.05) is 13.2 Å². The summed E-state index contributed by atoms with van der Waals surface area (Å²) in [4.78, 5) is 0. The Morgan fingerprint density at radius 2 is 2.06 bits per heavy atom. The fourth-order valence-corrected chi connectivity index (χ4v) is 2.08. The largest absolute Gasteiger partial charge is 0.382 e. The molecule has 0 radical (unpaired) electrons. The highest BCUT2D eigenvalue weighted by molar-refractivity contribution is 6.42. The maximum Gasteiger partial charge on any atom is 0.0640 e. The van der Waals surface area contributed by atoms with Gasteiger partial charge in [-0.3, -0.25) is 11.3 Å². The van der Waals surface area contributed by atoms with E-state index in [0.29, 0.717) is 10.0 Å². The van der Waals surface area contributed by atoms with Gasteiger partial charge in [0.1, 0.15) is 0 Å².